The van der Waals surface area contributed by atoms with Crippen LogP contribution in [0.3, 0.4) is 0 Å². The summed E-state index contributed by atoms with van der Waals surface area (Å²) in [6, 6.07) is 0.247. The molecule has 1 aromatic heterocycles. The number of thioether (sulfide) groups is 1. The van der Waals surface area contributed by atoms with Crippen LogP contribution in [0.1, 0.15) is 48.7 Å². The second kappa shape index (κ2) is 6.91. The zero-order valence-corrected chi connectivity index (χ0v) is 12.1. The number of carbonyl (C=O) groups excluding carboxylic acids is 1. The first kappa shape index (κ1) is 14.3. The maximum Gasteiger partial charge on any atom is 0.292 e. The highest BCUT2D eigenvalue weighted by molar-refractivity contribution is 7.98. The molecule has 0 saturated carbocycles. The fourth-order valence-electron chi connectivity index (χ4n) is 2.08. The van der Waals surface area contributed by atoms with Crippen LogP contribution in [0.5, 0.6) is 0 Å². The van der Waals surface area contributed by atoms with E-state index in [-0.39, 0.29) is 23.8 Å². The molecule has 0 aromatic carbocycles. The number of nitrogens with zero attached hydrogens (tertiary/aromatic N) is 2. The van der Waals surface area contributed by atoms with Gasteiger partial charge in [0.2, 0.25) is 5.89 Å². The number of rotatable bonds is 6. The summed E-state index contributed by atoms with van der Waals surface area (Å²) in [5, 5.41) is 9.95. The van der Waals surface area contributed by atoms with Crippen molar-refractivity contribution in [2.75, 3.05) is 18.6 Å². The highest BCUT2D eigenvalue weighted by Crippen LogP contribution is 2.21. The molecule has 19 heavy (non-hydrogen) atoms. The molecule has 1 amide bonds. The van der Waals surface area contributed by atoms with Gasteiger partial charge in [-0.15, -0.1) is 0 Å². The largest absolute Gasteiger partial charge is 0.346 e. The highest BCUT2D eigenvalue weighted by Gasteiger charge is 2.24. The summed E-state index contributed by atoms with van der Waals surface area (Å²) in [7, 11) is 0. The summed E-state index contributed by atoms with van der Waals surface area (Å²) in [5.74, 6) is 1.27. The van der Waals surface area contributed by atoms with Gasteiger partial charge in [0, 0.05) is 11.8 Å². The van der Waals surface area contributed by atoms with E-state index in [0.29, 0.717) is 5.89 Å². The Balaban J connectivity index is 1.95. The molecular formula is C12H20N4O2S. The Morgan fingerprint density at radius 3 is 3.16 bits per heavy atom. The normalized spacial score (nSPS) is 20.4. The Bertz CT molecular complexity index is 418. The second-order valence-electron chi connectivity index (χ2n) is 4.64. The lowest BCUT2D eigenvalue weighted by molar-refractivity contribution is 0.0926. The van der Waals surface area contributed by atoms with E-state index in [9.17, 15) is 4.79 Å². The topological polar surface area (TPSA) is 80.0 Å². The standard InChI is InChI=1S/C12H20N4O2S/c1-3-8(7-19-2)14-11(17)10-15-12(18-16-10)9-5-4-6-13-9/h8-9,13H,3-7H2,1-2H3,(H,14,17). The van der Waals surface area contributed by atoms with E-state index in [4.69, 9.17) is 4.52 Å². The molecule has 2 heterocycles. The molecular weight excluding hydrogens is 264 g/mol. The number of aromatic nitrogens is 2. The number of hydrogen-bond acceptors (Lipinski definition) is 6. The third kappa shape index (κ3) is 3.70. The van der Waals surface area contributed by atoms with Crippen LogP contribution in [0, 0.1) is 0 Å². The van der Waals surface area contributed by atoms with Gasteiger partial charge in [-0.1, -0.05) is 12.1 Å². The quantitative estimate of drug-likeness (QED) is 0.821. The fraction of sp³-hybridized carbons (Fsp3) is 0.750. The van der Waals surface area contributed by atoms with Crippen LogP contribution < -0.4 is 10.6 Å². The van der Waals surface area contributed by atoms with Gasteiger partial charge >= 0.3 is 0 Å². The van der Waals surface area contributed by atoms with Gasteiger partial charge in [0.1, 0.15) is 0 Å². The molecule has 1 fully saturated rings. The Morgan fingerprint density at radius 2 is 2.53 bits per heavy atom. The Labute approximate surface area is 117 Å². The number of amides is 1. The molecule has 2 atom stereocenters. The molecule has 106 valence electrons. The first-order chi connectivity index (χ1) is 9.24. The lowest BCUT2D eigenvalue weighted by atomic mass is 10.2. The molecule has 0 bridgehead atoms. The molecule has 0 aliphatic carbocycles. The maximum atomic E-state index is 12.0. The minimum Gasteiger partial charge on any atom is -0.346 e. The minimum absolute atomic E-state index is 0.0993. The summed E-state index contributed by atoms with van der Waals surface area (Å²) in [6.07, 6.45) is 4.99. The maximum absolute atomic E-state index is 12.0. The summed E-state index contributed by atoms with van der Waals surface area (Å²) >= 11 is 1.71. The van der Waals surface area contributed by atoms with Crippen molar-refractivity contribution in [3.63, 3.8) is 0 Å². The third-order valence-corrected chi connectivity index (χ3v) is 3.93. The first-order valence-electron chi connectivity index (χ1n) is 6.61. The summed E-state index contributed by atoms with van der Waals surface area (Å²) in [5.41, 5.74) is 0. The highest BCUT2D eigenvalue weighted by atomic mass is 32.2. The summed E-state index contributed by atoms with van der Waals surface area (Å²) < 4.78 is 5.16. The third-order valence-electron chi connectivity index (χ3n) is 3.20. The lowest BCUT2D eigenvalue weighted by Crippen LogP contribution is -2.36. The predicted octanol–water partition coefficient (Wildman–Crippen LogP) is 1.37. The van der Waals surface area contributed by atoms with Gasteiger partial charge in [0.25, 0.3) is 11.7 Å². The van der Waals surface area contributed by atoms with E-state index in [1.54, 1.807) is 11.8 Å². The average Bonchev–Trinajstić information content (AvgIpc) is 3.08. The van der Waals surface area contributed by atoms with Crippen LogP contribution in [0.25, 0.3) is 0 Å². The van der Waals surface area contributed by atoms with Crippen LogP contribution >= 0.6 is 11.8 Å². The van der Waals surface area contributed by atoms with Crippen molar-refractivity contribution in [3.8, 4) is 0 Å². The Hall–Kier alpha value is -1.08. The van der Waals surface area contributed by atoms with E-state index in [2.05, 4.69) is 20.8 Å². The fourth-order valence-corrected chi connectivity index (χ4v) is 2.80. The van der Waals surface area contributed by atoms with E-state index in [0.717, 1.165) is 31.6 Å². The SMILES string of the molecule is CCC(CSC)NC(=O)c1noc(C2CCCN2)n1. The van der Waals surface area contributed by atoms with Gasteiger partial charge in [0.05, 0.1) is 6.04 Å². The number of hydrogen-bond donors (Lipinski definition) is 2. The molecule has 6 nitrogen and oxygen atoms in total. The lowest BCUT2D eigenvalue weighted by Gasteiger charge is -2.13. The van der Waals surface area contributed by atoms with E-state index in [1.807, 2.05) is 13.2 Å². The number of carbonyl (C=O) groups is 1. The minimum atomic E-state index is -0.256. The second-order valence-corrected chi connectivity index (χ2v) is 5.55. The van der Waals surface area contributed by atoms with Crippen LogP contribution in [-0.4, -0.2) is 40.6 Å². The first-order valence-corrected chi connectivity index (χ1v) is 8.00. The Morgan fingerprint density at radius 1 is 1.68 bits per heavy atom. The monoisotopic (exact) mass is 284 g/mol. The van der Waals surface area contributed by atoms with Crippen molar-refractivity contribution in [1.29, 1.82) is 0 Å². The van der Waals surface area contributed by atoms with Gasteiger partial charge in [0.15, 0.2) is 0 Å². The van der Waals surface area contributed by atoms with E-state index in [1.165, 1.54) is 0 Å². The van der Waals surface area contributed by atoms with Crippen molar-refractivity contribution in [2.45, 2.75) is 38.3 Å². The summed E-state index contributed by atoms with van der Waals surface area (Å²) in [6.45, 7) is 3.01. The Kier molecular flexibility index (Phi) is 5.21. The van der Waals surface area contributed by atoms with Crippen molar-refractivity contribution < 1.29 is 9.32 Å². The molecule has 2 unspecified atom stereocenters. The average molecular weight is 284 g/mol. The predicted molar refractivity (Wildman–Crippen MR) is 74.2 cm³/mol. The van der Waals surface area contributed by atoms with Crippen molar-refractivity contribution in [1.82, 2.24) is 20.8 Å². The van der Waals surface area contributed by atoms with Gasteiger partial charge in [-0.2, -0.15) is 16.7 Å². The molecule has 0 radical (unpaired) electrons. The molecule has 7 heteroatoms. The zero-order valence-electron chi connectivity index (χ0n) is 11.3. The molecule has 1 aliphatic rings. The van der Waals surface area contributed by atoms with Crippen molar-refractivity contribution >= 4 is 17.7 Å². The van der Waals surface area contributed by atoms with Gasteiger partial charge < -0.3 is 15.2 Å². The van der Waals surface area contributed by atoms with Gasteiger partial charge in [-0.25, -0.2) is 0 Å². The van der Waals surface area contributed by atoms with Crippen LogP contribution in [0.2, 0.25) is 0 Å². The van der Waals surface area contributed by atoms with Crippen LogP contribution in [-0.2, 0) is 0 Å². The van der Waals surface area contributed by atoms with Crippen molar-refractivity contribution in [2.24, 2.45) is 0 Å². The van der Waals surface area contributed by atoms with Crippen molar-refractivity contribution in [3.05, 3.63) is 11.7 Å². The molecule has 0 spiro atoms. The van der Waals surface area contributed by atoms with Crippen LogP contribution in [0.4, 0.5) is 0 Å². The zero-order chi connectivity index (χ0) is 13.7. The molecule has 2 N–H and O–H groups in total. The molecule has 1 saturated heterocycles. The van der Waals surface area contributed by atoms with E-state index >= 15 is 0 Å². The molecule has 1 aliphatic heterocycles. The summed E-state index contributed by atoms with van der Waals surface area (Å²) in [4.78, 5) is 16.2. The van der Waals surface area contributed by atoms with Gasteiger partial charge in [-0.05, 0) is 32.1 Å². The van der Waals surface area contributed by atoms with E-state index < -0.39 is 0 Å². The molecule has 2 rings (SSSR count). The van der Waals surface area contributed by atoms with Crippen LogP contribution in [0.15, 0.2) is 4.52 Å². The smallest absolute Gasteiger partial charge is 0.292 e. The van der Waals surface area contributed by atoms with Gasteiger partial charge in [-0.3, -0.25) is 4.79 Å². The number of nitrogens with one attached hydrogen (secondary N) is 2. The molecule has 1 aromatic rings.